The number of nitrogens with two attached hydrogens (primary N) is 1. The second-order valence-corrected chi connectivity index (χ2v) is 4.55. The fourth-order valence-electron chi connectivity index (χ4n) is 2.35. The van der Waals surface area contributed by atoms with E-state index >= 15 is 0 Å². The minimum atomic E-state index is -0.942. The lowest BCUT2D eigenvalue weighted by molar-refractivity contribution is -0.143. The first-order valence-corrected chi connectivity index (χ1v) is 5.61. The third kappa shape index (κ3) is 2.71. The second-order valence-electron chi connectivity index (χ2n) is 4.55. The van der Waals surface area contributed by atoms with Crippen molar-refractivity contribution in [2.24, 2.45) is 11.7 Å². The molecule has 1 aliphatic rings. The molecule has 3 nitrogen and oxygen atoms in total. The van der Waals surface area contributed by atoms with Crippen molar-refractivity contribution in [3.8, 4) is 0 Å². The lowest BCUT2D eigenvalue weighted by Crippen LogP contribution is -2.47. The minimum Gasteiger partial charge on any atom is -0.480 e. The van der Waals surface area contributed by atoms with Gasteiger partial charge in [-0.1, -0.05) is 32.6 Å². The molecular weight excluding hydrogens is 178 g/mol. The van der Waals surface area contributed by atoms with Crippen LogP contribution in [0.5, 0.6) is 0 Å². The second kappa shape index (κ2) is 4.78. The maximum absolute atomic E-state index is 11.0. The number of hydrogen-bond acceptors (Lipinski definition) is 2. The van der Waals surface area contributed by atoms with Gasteiger partial charge >= 0.3 is 5.97 Å². The zero-order chi connectivity index (χ0) is 10.6. The van der Waals surface area contributed by atoms with E-state index in [1.807, 2.05) is 0 Å². The third-order valence-corrected chi connectivity index (χ3v) is 3.36. The summed E-state index contributed by atoms with van der Waals surface area (Å²) >= 11 is 0. The summed E-state index contributed by atoms with van der Waals surface area (Å²) in [6, 6.07) is 0. The first kappa shape index (κ1) is 11.5. The molecule has 82 valence electrons. The Labute approximate surface area is 85.7 Å². The van der Waals surface area contributed by atoms with Crippen LogP contribution in [-0.4, -0.2) is 16.6 Å². The Morgan fingerprint density at radius 3 is 2.79 bits per heavy atom. The molecule has 2 unspecified atom stereocenters. The van der Waals surface area contributed by atoms with E-state index in [0.717, 1.165) is 19.3 Å². The highest BCUT2D eigenvalue weighted by Gasteiger charge is 2.35. The molecule has 0 amide bonds. The number of carbonyl (C=O) groups is 1. The lowest BCUT2D eigenvalue weighted by atomic mass is 9.90. The van der Waals surface area contributed by atoms with Gasteiger partial charge in [-0.15, -0.1) is 0 Å². The van der Waals surface area contributed by atoms with Crippen molar-refractivity contribution in [2.75, 3.05) is 0 Å². The third-order valence-electron chi connectivity index (χ3n) is 3.36. The number of hydrogen-bond donors (Lipinski definition) is 2. The van der Waals surface area contributed by atoms with E-state index in [2.05, 4.69) is 6.92 Å². The first-order valence-electron chi connectivity index (χ1n) is 5.61. The minimum absolute atomic E-state index is 0.641. The van der Waals surface area contributed by atoms with Gasteiger partial charge in [-0.2, -0.15) is 0 Å². The van der Waals surface area contributed by atoms with E-state index in [-0.39, 0.29) is 0 Å². The van der Waals surface area contributed by atoms with Gasteiger partial charge in [0, 0.05) is 0 Å². The van der Waals surface area contributed by atoms with Crippen LogP contribution >= 0.6 is 0 Å². The summed E-state index contributed by atoms with van der Waals surface area (Å²) in [6.45, 7) is 2.18. The van der Waals surface area contributed by atoms with E-state index < -0.39 is 11.5 Å². The first-order chi connectivity index (χ1) is 6.58. The molecule has 1 saturated carbocycles. The van der Waals surface area contributed by atoms with Gasteiger partial charge in [0.1, 0.15) is 5.54 Å². The highest BCUT2D eigenvalue weighted by Crippen LogP contribution is 2.31. The predicted octanol–water partition coefficient (Wildman–Crippen LogP) is 2.15. The van der Waals surface area contributed by atoms with Crippen LogP contribution in [0.15, 0.2) is 0 Å². The Morgan fingerprint density at radius 2 is 2.21 bits per heavy atom. The van der Waals surface area contributed by atoms with Gasteiger partial charge in [0.05, 0.1) is 0 Å². The van der Waals surface area contributed by atoms with Crippen molar-refractivity contribution in [3.63, 3.8) is 0 Å². The molecule has 1 aliphatic carbocycles. The Hall–Kier alpha value is -0.570. The molecule has 3 N–H and O–H groups in total. The molecule has 0 heterocycles. The molecule has 2 atom stereocenters. The number of aliphatic carboxylic acids is 1. The molecule has 1 fully saturated rings. The van der Waals surface area contributed by atoms with E-state index in [0.29, 0.717) is 18.8 Å². The summed E-state index contributed by atoms with van der Waals surface area (Å²) < 4.78 is 0. The summed E-state index contributed by atoms with van der Waals surface area (Å²) in [7, 11) is 0. The molecule has 0 aromatic rings. The number of carboxylic acid groups (broad SMARTS) is 1. The van der Waals surface area contributed by atoms with Gasteiger partial charge in [0.15, 0.2) is 0 Å². The Morgan fingerprint density at radius 1 is 1.50 bits per heavy atom. The van der Waals surface area contributed by atoms with Crippen LogP contribution in [0.1, 0.15) is 51.9 Å². The molecule has 0 aromatic carbocycles. The maximum Gasteiger partial charge on any atom is 0.323 e. The molecule has 14 heavy (non-hydrogen) atoms. The summed E-state index contributed by atoms with van der Waals surface area (Å²) in [5, 5.41) is 9.01. The largest absolute Gasteiger partial charge is 0.480 e. The van der Waals surface area contributed by atoms with Crippen molar-refractivity contribution in [1.82, 2.24) is 0 Å². The van der Waals surface area contributed by atoms with Crippen molar-refractivity contribution < 1.29 is 9.90 Å². The van der Waals surface area contributed by atoms with Crippen LogP contribution < -0.4 is 5.73 Å². The SMILES string of the molecule is CCCC1CCCC(N)(C(=O)O)CC1. The maximum atomic E-state index is 11.0. The van der Waals surface area contributed by atoms with Gasteiger partial charge in [0.2, 0.25) is 0 Å². The molecule has 0 spiro atoms. The van der Waals surface area contributed by atoms with Crippen molar-refractivity contribution in [1.29, 1.82) is 0 Å². The molecule has 0 aromatic heterocycles. The average Bonchev–Trinajstić information content (AvgIpc) is 2.30. The topological polar surface area (TPSA) is 63.3 Å². The summed E-state index contributed by atoms with van der Waals surface area (Å²) in [6.07, 6.45) is 6.80. The van der Waals surface area contributed by atoms with E-state index in [9.17, 15) is 4.79 Å². The Kier molecular flexibility index (Phi) is 3.93. The zero-order valence-electron chi connectivity index (χ0n) is 8.96. The van der Waals surface area contributed by atoms with Gasteiger partial charge in [0.25, 0.3) is 0 Å². The summed E-state index contributed by atoms with van der Waals surface area (Å²) in [5.74, 6) is -0.126. The fraction of sp³-hybridized carbons (Fsp3) is 0.909. The van der Waals surface area contributed by atoms with Gasteiger partial charge in [-0.25, -0.2) is 0 Å². The normalized spacial score (nSPS) is 33.7. The molecule has 0 radical (unpaired) electrons. The molecule has 0 aliphatic heterocycles. The highest BCUT2D eigenvalue weighted by atomic mass is 16.4. The fourth-order valence-corrected chi connectivity index (χ4v) is 2.35. The predicted molar refractivity (Wildman–Crippen MR) is 56.0 cm³/mol. The van der Waals surface area contributed by atoms with Gasteiger partial charge in [-0.05, 0) is 25.2 Å². The van der Waals surface area contributed by atoms with Crippen molar-refractivity contribution in [2.45, 2.75) is 57.4 Å². The van der Waals surface area contributed by atoms with Crippen LogP contribution in [0, 0.1) is 5.92 Å². The Balaban J connectivity index is 2.52. The van der Waals surface area contributed by atoms with E-state index in [1.54, 1.807) is 0 Å². The Bertz CT molecular complexity index is 205. The quantitative estimate of drug-likeness (QED) is 0.684. The van der Waals surface area contributed by atoms with E-state index in [1.165, 1.54) is 12.8 Å². The van der Waals surface area contributed by atoms with Crippen LogP contribution in [0.3, 0.4) is 0 Å². The number of carboxylic acids is 1. The van der Waals surface area contributed by atoms with Crippen LogP contribution in [0.25, 0.3) is 0 Å². The molecule has 3 heteroatoms. The standard InChI is InChI=1S/C11H21NO2/c1-2-4-9-5-3-7-11(12,8-6-9)10(13)14/h9H,2-8,12H2,1H3,(H,13,14). The molecule has 0 bridgehead atoms. The lowest BCUT2D eigenvalue weighted by Gasteiger charge is -2.22. The zero-order valence-corrected chi connectivity index (χ0v) is 8.96. The summed E-state index contributed by atoms with van der Waals surface area (Å²) in [5.41, 5.74) is 4.92. The monoisotopic (exact) mass is 199 g/mol. The van der Waals surface area contributed by atoms with Crippen LogP contribution in [-0.2, 0) is 4.79 Å². The highest BCUT2D eigenvalue weighted by molar-refractivity contribution is 5.78. The number of rotatable bonds is 3. The smallest absolute Gasteiger partial charge is 0.323 e. The average molecular weight is 199 g/mol. The molecule has 0 saturated heterocycles. The molecular formula is C11H21NO2. The van der Waals surface area contributed by atoms with Crippen LogP contribution in [0.4, 0.5) is 0 Å². The van der Waals surface area contributed by atoms with Crippen molar-refractivity contribution >= 4 is 5.97 Å². The molecule has 1 rings (SSSR count). The summed E-state index contributed by atoms with van der Waals surface area (Å²) in [4.78, 5) is 11.0. The van der Waals surface area contributed by atoms with Crippen LogP contribution in [0.2, 0.25) is 0 Å². The van der Waals surface area contributed by atoms with Crippen molar-refractivity contribution in [3.05, 3.63) is 0 Å². The van der Waals surface area contributed by atoms with Gasteiger partial charge < -0.3 is 10.8 Å². The van der Waals surface area contributed by atoms with Gasteiger partial charge in [-0.3, -0.25) is 4.79 Å². The van der Waals surface area contributed by atoms with E-state index in [4.69, 9.17) is 10.8 Å².